The van der Waals surface area contributed by atoms with Gasteiger partial charge in [0.05, 0.1) is 6.42 Å². The minimum absolute atomic E-state index is 0.143. The summed E-state index contributed by atoms with van der Waals surface area (Å²) in [4.78, 5) is 35.8. The number of carbonyl (C=O) groups is 3. The summed E-state index contributed by atoms with van der Waals surface area (Å²) < 4.78 is 0. The molecule has 1 aromatic carbocycles. The Morgan fingerprint density at radius 1 is 1.27 bits per heavy atom. The van der Waals surface area contributed by atoms with E-state index in [2.05, 4.69) is 5.32 Å². The zero-order chi connectivity index (χ0) is 16.7. The monoisotopic (exact) mass is 306 g/mol. The average molecular weight is 306 g/mol. The summed E-state index contributed by atoms with van der Waals surface area (Å²) in [5, 5.41) is 11.7. The first-order chi connectivity index (χ1) is 10.3. The molecule has 0 heterocycles. The molecule has 0 aromatic heterocycles. The third kappa shape index (κ3) is 5.20. The zero-order valence-corrected chi connectivity index (χ0v) is 13.1. The first-order valence-electron chi connectivity index (χ1n) is 7.14. The summed E-state index contributed by atoms with van der Waals surface area (Å²) in [6.07, 6.45) is 0.143. The van der Waals surface area contributed by atoms with E-state index in [0.29, 0.717) is 0 Å². The highest BCUT2D eigenvalue weighted by molar-refractivity contribution is 5.85. The molecule has 0 bridgehead atoms. The highest BCUT2D eigenvalue weighted by Gasteiger charge is 2.25. The number of benzene rings is 1. The van der Waals surface area contributed by atoms with Crippen molar-refractivity contribution in [2.75, 3.05) is 13.1 Å². The van der Waals surface area contributed by atoms with Gasteiger partial charge in [-0.3, -0.25) is 9.59 Å². The van der Waals surface area contributed by atoms with Crippen molar-refractivity contribution < 1.29 is 19.5 Å². The molecule has 6 nitrogen and oxygen atoms in total. The minimum atomic E-state index is -1.07. The van der Waals surface area contributed by atoms with Gasteiger partial charge in [0.25, 0.3) is 0 Å². The molecule has 0 saturated heterocycles. The molecule has 0 fully saturated rings. The quantitative estimate of drug-likeness (QED) is 0.786. The molecule has 1 atom stereocenters. The summed E-state index contributed by atoms with van der Waals surface area (Å²) in [5.74, 6) is -1.55. The van der Waals surface area contributed by atoms with E-state index in [9.17, 15) is 14.4 Å². The molecule has 0 aliphatic rings. The maximum Gasteiger partial charge on any atom is 0.326 e. The predicted octanol–water partition coefficient (Wildman–Crippen LogP) is 0.975. The predicted molar refractivity (Wildman–Crippen MR) is 82.4 cm³/mol. The van der Waals surface area contributed by atoms with Gasteiger partial charge in [-0.1, -0.05) is 24.3 Å². The molecule has 120 valence electrons. The van der Waals surface area contributed by atoms with Crippen LogP contribution in [0.25, 0.3) is 0 Å². The molecule has 2 N–H and O–H groups in total. The number of aliphatic carboxylic acids is 1. The Labute approximate surface area is 130 Å². The topological polar surface area (TPSA) is 86.7 Å². The Balaban J connectivity index is 2.80. The number of amides is 2. The highest BCUT2D eigenvalue weighted by atomic mass is 16.4. The summed E-state index contributed by atoms with van der Waals surface area (Å²) in [5.41, 5.74) is 1.86. The number of hydrogen-bond acceptors (Lipinski definition) is 3. The number of carboxylic acids is 1. The Morgan fingerprint density at radius 3 is 2.45 bits per heavy atom. The lowest BCUT2D eigenvalue weighted by Gasteiger charge is -2.27. The fourth-order valence-electron chi connectivity index (χ4n) is 2.09. The number of nitrogens with one attached hydrogen (secondary N) is 1. The molecule has 2 amide bonds. The lowest BCUT2D eigenvalue weighted by molar-refractivity contribution is -0.149. The van der Waals surface area contributed by atoms with Crippen LogP contribution in [0.5, 0.6) is 0 Å². The molecule has 1 rings (SSSR count). The van der Waals surface area contributed by atoms with E-state index < -0.39 is 12.0 Å². The van der Waals surface area contributed by atoms with Crippen LogP contribution in [0.2, 0.25) is 0 Å². The van der Waals surface area contributed by atoms with Crippen LogP contribution in [-0.2, 0) is 20.8 Å². The fourth-order valence-corrected chi connectivity index (χ4v) is 2.09. The van der Waals surface area contributed by atoms with Crippen LogP contribution in [0.3, 0.4) is 0 Å². The Bertz CT molecular complexity index is 557. The molecule has 1 unspecified atom stereocenters. The minimum Gasteiger partial charge on any atom is -0.480 e. The average Bonchev–Trinajstić information content (AvgIpc) is 2.44. The number of aryl methyl sites for hydroxylation is 1. The number of carboxylic acid groups (broad SMARTS) is 1. The second kappa shape index (κ2) is 8.17. The standard InChI is InChI=1S/C16H22N2O4/c1-11-6-4-5-7-14(11)10-15(20)18(12(2)16(21)22)9-8-17-13(3)19/h4-7,12H,8-10H2,1-3H3,(H,17,19)(H,21,22). The van der Waals surface area contributed by atoms with E-state index in [-0.39, 0.29) is 31.3 Å². The van der Waals surface area contributed by atoms with Gasteiger partial charge in [-0.2, -0.15) is 0 Å². The Morgan fingerprint density at radius 2 is 1.91 bits per heavy atom. The normalized spacial score (nSPS) is 11.6. The first kappa shape index (κ1) is 17.7. The smallest absolute Gasteiger partial charge is 0.326 e. The summed E-state index contributed by atoms with van der Waals surface area (Å²) in [7, 11) is 0. The van der Waals surface area contributed by atoms with E-state index in [1.165, 1.54) is 18.7 Å². The van der Waals surface area contributed by atoms with E-state index in [1.807, 2.05) is 31.2 Å². The molecular weight excluding hydrogens is 284 g/mol. The second-order valence-corrected chi connectivity index (χ2v) is 5.19. The van der Waals surface area contributed by atoms with Crippen molar-refractivity contribution in [1.29, 1.82) is 0 Å². The third-order valence-corrected chi connectivity index (χ3v) is 3.47. The van der Waals surface area contributed by atoms with Gasteiger partial charge >= 0.3 is 5.97 Å². The largest absolute Gasteiger partial charge is 0.480 e. The SMILES string of the molecule is CC(=O)NCCN(C(=O)Cc1ccccc1C)C(C)C(=O)O. The molecule has 0 aliphatic heterocycles. The Kier molecular flexibility index (Phi) is 6.56. The molecular formula is C16H22N2O4. The molecule has 6 heteroatoms. The van der Waals surface area contributed by atoms with Crippen molar-refractivity contribution in [3.8, 4) is 0 Å². The van der Waals surface area contributed by atoms with Crippen LogP contribution in [0, 0.1) is 6.92 Å². The molecule has 0 aliphatic carbocycles. The maximum atomic E-state index is 12.4. The van der Waals surface area contributed by atoms with E-state index in [1.54, 1.807) is 0 Å². The number of carbonyl (C=O) groups excluding carboxylic acids is 2. The summed E-state index contributed by atoms with van der Waals surface area (Å²) >= 11 is 0. The van der Waals surface area contributed by atoms with Crippen molar-refractivity contribution >= 4 is 17.8 Å². The maximum absolute atomic E-state index is 12.4. The molecule has 1 aromatic rings. The van der Waals surface area contributed by atoms with E-state index in [0.717, 1.165) is 11.1 Å². The first-order valence-corrected chi connectivity index (χ1v) is 7.14. The van der Waals surface area contributed by atoms with Crippen molar-refractivity contribution in [3.63, 3.8) is 0 Å². The van der Waals surface area contributed by atoms with E-state index >= 15 is 0 Å². The van der Waals surface area contributed by atoms with Crippen molar-refractivity contribution in [2.45, 2.75) is 33.2 Å². The summed E-state index contributed by atoms with van der Waals surface area (Å²) in [6.45, 7) is 5.14. The van der Waals surface area contributed by atoms with Crippen LogP contribution in [-0.4, -0.2) is 46.9 Å². The van der Waals surface area contributed by atoms with Crippen LogP contribution in [0.4, 0.5) is 0 Å². The van der Waals surface area contributed by atoms with Gasteiger partial charge in [0, 0.05) is 20.0 Å². The van der Waals surface area contributed by atoms with Gasteiger partial charge in [-0.25, -0.2) is 4.79 Å². The van der Waals surface area contributed by atoms with Gasteiger partial charge < -0.3 is 15.3 Å². The lowest BCUT2D eigenvalue weighted by atomic mass is 10.0. The molecule has 22 heavy (non-hydrogen) atoms. The Hall–Kier alpha value is -2.37. The van der Waals surface area contributed by atoms with Crippen molar-refractivity contribution in [3.05, 3.63) is 35.4 Å². The van der Waals surface area contributed by atoms with Crippen LogP contribution >= 0.6 is 0 Å². The van der Waals surface area contributed by atoms with Gasteiger partial charge in [0.1, 0.15) is 6.04 Å². The van der Waals surface area contributed by atoms with Gasteiger partial charge in [-0.15, -0.1) is 0 Å². The molecule has 0 radical (unpaired) electrons. The van der Waals surface area contributed by atoms with Crippen LogP contribution in [0.15, 0.2) is 24.3 Å². The highest BCUT2D eigenvalue weighted by Crippen LogP contribution is 2.11. The van der Waals surface area contributed by atoms with Gasteiger partial charge in [-0.05, 0) is 25.0 Å². The van der Waals surface area contributed by atoms with Gasteiger partial charge in [0.2, 0.25) is 11.8 Å². The lowest BCUT2D eigenvalue weighted by Crippen LogP contribution is -2.47. The van der Waals surface area contributed by atoms with Crippen molar-refractivity contribution in [1.82, 2.24) is 10.2 Å². The third-order valence-electron chi connectivity index (χ3n) is 3.47. The second-order valence-electron chi connectivity index (χ2n) is 5.19. The van der Waals surface area contributed by atoms with Crippen molar-refractivity contribution in [2.24, 2.45) is 0 Å². The number of rotatable bonds is 7. The molecule has 0 spiro atoms. The fraction of sp³-hybridized carbons (Fsp3) is 0.438. The zero-order valence-electron chi connectivity index (χ0n) is 13.1. The summed E-state index contributed by atoms with van der Waals surface area (Å²) in [6, 6.07) is 6.55. The van der Waals surface area contributed by atoms with Gasteiger partial charge in [0.15, 0.2) is 0 Å². The van der Waals surface area contributed by atoms with E-state index in [4.69, 9.17) is 5.11 Å². The number of hydrogen-bond donors (Lipinski definition) is 2. The number of nitrogens with zero attached hydrogens (tertiary/aromatic N) is 1. The van der Waals surface area contributed by atoms with Crippen LogP contribution < -0.4 is 5.32 Å². The van der Waals surface area contributed by atoms with Crippen LogP contribution in [0.1, 0.15) is 25.0 Å². The molecule has 0 saturated carbocycles.